The van der Waals surface area contributed by atoms with E-state index in [2.05, 4.69) is 0 Å². The Morgan fingerprint density at radius 3 is 2.44 bits per heavy atom. The highest BCUT2D eigenvalue weighted by atomic mass is 32.2. The number of ether oxygens (including phenoxy) is 1. The molecule has 0 fully saturated rings. The Kier molecular flexibility index (Phi) is 7.41. The molecule has 0 saturated carbocycles. The number of aromatic nitrogens is 2. The van der Waals surface area contributed by atoms with Crippen LogP contribution < -0.4 is 11.2 Å². The SMILES string of the molecule is CCOC(=O)Cn1c(=O)c2c(C)c(-c3ccc([N+](=O)[O-])cc3)sc2n(Cc2ccccc2SC)c1=O. The molecule has 186 valence electrons. The zero-order valence-electron chi connectivity index (χ0n) is 19.8. The number of thiophene rings is 1. The van der Waals surface area contributed by atoms with Crippen molar-refractivity contribution in [3.63, 3.8) is 0 Å². The van der Waals surface area contributed by atoms with E-state index >= 15 is 0 Å². The fourth-order valence-corrected chi connectivity index (χ4v) is 5.93. The molecule has 2 aromatic heterocycles. The first-order chi connectivity index (χ1) is 17.3. The lowest BCUT2D eigenvalue weighted by atomic mass is 10.1. The molecule has 2 aromatic carbocycles. The van der Waals surface area contributed by atoms with E-state index in [4.69, 9.17) is 4.74 Å². The highest BCUT2D eigenvalue weighted by Crippen LogP contribution is 2.37. The van der Waals surface area contributed by atoms with Gasteiger partial charge >= 0.3 is 11.7 Å². The number of hydrogen-bond donors (Lipinski definition) is 0. The van der Waals surface area contributed by atoms with Crippen molar-refractivity contribution in [2.24, 2.45) is 0 Å². The highest BCUT2D eigenvalue weighted by Gasteiger charge is 2.23. The van der Waals surface area contributed by atoms with E-state index in [1.54, 1.807) is 37.7 Å². The van der Waals surface area contributed by atoms with Gasteiger partial charge in [0.25, 0.3) is 11.2 Å². The maximum absolute atomic E-state index is 13.6. The molecule has 0 N–H and O–H groups in total. The van der Waals surface area contributed by atoms with Gasteiger partial charge in [0, 0.05) is 21.9 Å². The van der Waals surface area contributed by atoms with Crippen LogP contribution in [0.5, 0.6) is 0 Å². The van der Waals surface area contributed by atoms with Crippen LogP contribution >= 0.6 is 23.1 Å². The van der Waals surface area contributed by atoms with Crippen molar-refractivity contribution in [2.45, 2.75) is 31.8 Å². The second-order valence-electron chi connectivity index (χ2n) is 7.92. The van der Waals surface area contributed by atoms with Crippen LogP contribution in [0, 0.1) is 17.0 Å². The molecule has 0 radical (unpaired) electrons. The van der Waals surface area contributed by atoms with Crippen molar-refractivity contribution in [1.82, 2.24) is 9.13 Å². The van der Waals surface area contributed by atoms with Crippen molar-refractivity contribution < 1.29 is 14.5 Å². The summed E-state index contributed by atoms with van der Waals surface area (Å²) in [6.45, 7) is 3.27. The van der Waals surface area contributed by atoms with E-state index in [1.165, 1.54) is 28.0 Å². The summed E-state index contributed by atoms with van der Waals surface area (Å²) in [4.78, 5) is 52.1. The minimum Gasteiger partial charge on any atom is -0.465 e. The maximum atomic E-state index is 13.6. The van der Waals surface area contributed by atoms with Gasteiger partial charge in [-0.05, 0) is 55.0 Å². The number of fused-ring (bicyclic) bond motifs is 1. The lowest BCUT2D eigenvalue weighted by molar-refractivity contribution is -0.384. The van der Waals surface area contributed by atoms with E-state index in [9.17, 15) is 24.5 Å². The van der Waals surface area contributed by atoms with Crippen LogP contribution in [0.15, 0.2) is 63.0 Å². The summed E-state index contributed by atoms with van der Waals surface area (Å²) >= 11 is 2.82. The lowest BCUT2D eigenvalue weighted by Crippen LogP contribution is -2.42. The van der Waals surface area contributed by atoms with Gasteiger partial charge in [0.15, 0.2) is 0 Å². The number of nitro groups is 1. The zero-order valence-corrected chi connectivity index (χ0v) is 21.5. The van der Waals surface area contributed by atoms with Gasteiger partial charge in [0.1, 0.15) is 11.4 Å². The third-order valence-electron chi connectivity index (χ3n) is 5.75. The Balaban J connectivity index is 1.98. The van der Waals surface area contributed by atoms with Crippen molar-refractivity contribution in [1.29, 1.82) is 0 Å². The quantitative estimate of drug-likeness (QED) is 0.145. The molecule has 0 aliphatic carbocycles. The topological polar surface area (TPSA) is 113 Å². The predicted molar refractivity (Wildman–Crippen MR) is 141 cm³/mol. The summed E-state index contributed by atoms with van der Waals surface area (Å²) in [7, 11) is 0. The van der Waals surface area contributed by atoms with Crippen molar-refractivity contribution in [3.8, 4) is 10.4 Å². The number of esters is 1. The molecule has 4 rings (SSSR count). The lowest BCUT2D eigenvalue weighted by Gasteiger charge is -2.13. The Bertz CT molecular complexity index is 1580. The summed E-state index contributed by atoms with van der Waals surface area (Å²) in [5.41, 5.74) is 1.02. The summed E-state index contributed by atoms with van der Waals surface area (Å²) in [5.74, 6) is -0.671. The van der Waals surface area contributed by atoms with Crippen molar-refractivity contribution in [2.75, 3.05) is 12.9 Å². The number of thioether (sulfide) groups is 1. The molecule has 0 amide bonds. The van der Waals surface area contributed by atoms with Gasteiger partial charge in [-0.15, -0.1) is 23.1 Å². The molecule has 36 heavy (non-hydrogen) atoms. The minimum absolute atomic E-state index is 0.0418. The number of carbonyl (C=O) groups is 1. The van der Waals surface area contributed by atoms with Crippen LogP contribution in [0.2, 0.25) is 0 Å². The van der Waals surface area contributed by atoms with Gasteiger partial charge in [0.05, 0.1) is 23.5 Å². The number of non-ortho nitro benzene ring substituents is 1. The van der Waals surface area contributed by atoms with Crippen LogP contribution in [0.1, 0.15) is 18.1 Å². The van der Waals surface area contributed by atoms with E-state index < -0.39 is 28.7 Å². The third kappa shape index (κ3) is 4.71. The number of nitrogens with zero attached hydrogens (tertiary/aromatic N) is 3. The summed E-state index contributed by atoms with van der Waals surface area (Å²) in [5, 5.41) is 11.4. The van der Waals surface area contributed by atoms with E-state index in [-0.39, 0.29) is 18.8 Å². The highest BCUT2D eigenvalue weighted by molar-refractivity contribution is 7.98. The Morgan fingerprint density at radius 1 is 1.11 bits per heavy atom. The summed E-state index contributed by atoms with van der Waals surface area (Å²) < 4.78 is 7.42. The second-order valence-corrected chi connectivity index (χ2v) is 9.76. The number of nitro benzene ring substituents is 1. The third-order valence-corrected chi connectivity index (χ3v) is 7.95. The molecule has 0 aliphatic rings. The Hall–Kier alpha value is -3.70. The molecule has 0 aliphatic heterocycles. The van der Waals surface area contributed by atoms with Crippen LogP contribution in [-0.4, -0.2) is 32.9 Å². The van der Waals surface area contributed by atoms with Crippen molar-refractivity contribution >= 4 is 45.0 Å². The average Bonchev–Trinajstić information content (AvgIpc) is 3.21. The van der Waals surface area contributed by atoms with Gasteiger partial charge in [-0.3, -0.25) is 24.3 Å². The predicted octanol–water partition coefficient (Wildman–Crippen LogP) is 4.44. The molecule has 0 spiro atoms. The number of benzene rings is 2. The van der Waals surface area contributed by atoms with Gasteiger partial charge in [-0.25, -0.2) is 9.36 Å². The van der Waals surface area contributed by atoms with E-state index in [1.807, 2.05) is 30.5 Å². The number of rotatable bonds is 8. The van der Waals surface area contributed by atoms with Gasteiger partial charge in [0.2, 0.25) is 0 Å². The molecule has 0 bridgehead atoms. The molecule has 0 unspecified atom stereocenters. The largest absolute Gasteiger partial charge is 0.465 e. The maximum Gasteiger partial charge on any atom is 0.332 e. The summed E-state index contributed by atoms with van der Waals surface area (Å²) in [6, 6.07) is 13.7. The van der Waals surface area contributed by atoms with Gasteiger partial charge in [-0.1, -0.05) is 18.2 Å². The van der Waals surface area contributed by atoms with Crippen molar-refractivity contribution in [3.05, 3.63) is 90.6 Å². The fourth-order valence-electron chi connectivity index (χ4n) is 4.02. The van der Waals surface area contributed by atoms with Gasteiger partial charge in [-0.2, -0.15) is 0 Å². The second kappa shape index (κ2) is 10.5. The molecule has 4 aromatic rings. The first kappa shape index (κ1) is 25.4. The molecular weight excluding hydrogens is 502 g/mol. The molecule has 0 saturated heterocycles. The van der Waals surface area contributed by atoms with E-state index in [0.717, 1.165) is 19.9 Å². The van der Waals surface area contributed by atoms with Crippen LogP contribution in [0.25, 0.3) is 20.7 Å². The molecule has 2 heterocycles. The van der Waals surface area contributed by atoms with Crippen LogP contribution in [0.4, 0.5) is 5.69 Å². The molecule has 11 heteroatoms. The molecular formula is C25H23N3O6S2. The minimum atomic E-state index is -0.671. The van der Waals surface area contributed by atoms with E-state index in [0.29, 0.717) is 21.3 Å². The van der Waals surface area contributed by atoms with Crippen LogP contribution in [0.3, 0.4) is 0 Å². The first-order valence-electron chi connectivity index (χ1n) is 11.1. The fraction of sp³-hybridized carbons (Fsp3) is 0.240. The molecule has 0 atom stereocenters. The zero-order chi connectivity index (χ0) is 26.0. The number of carbonyl (C=O) groups excluding carboxylic acids is 1. The smallest absolute Gasteiger partial charge is 0.332 e. The normalized spacial score (nSPS) is 11.1. The molecule has 9 nitrogen and oxygen atoms in total. The summed E-state index contributed by atoms with van der Waals surface area (Å²) in [6.07, 6.45) is 1.95. The Labute approximate surface area is 214 Å². The first-order valence-corrected chi connectivity index (χ1v) is 13.1. The monoisotopic (exact) mass is 525 g/mol. The average molecular weight is 526 g/mol. The standard InChI is InChI=1S/C25H23N3O6S2/c1-4-34-20(29)14-26-23(30)21-15(2)22(16-9-11-18(12-10-16)28(32)33)36-24(21)27(25(26)31)13-17-7-5-6-8-19(17)35-3/h5-12H,4,13-14H2,1-3H3. The number of hydrogen-bond acceptors (Lipinski definition) is 8. The van der Waals surface area contributed by atoms with Crippen LogP contribution in [-0.2, 0) is 22.6 Å². The Morgan fingerprint density at radius 2 is 1.81 bits per heavy atom. The number of aryl methyl sites for hydroxylation is 1. The van der Waals surface area contributed by atoms with Gasteiger partial charge < -0.3 is 4.74 Å².